The van der Waals surface area contributed by atoms with Crippen molar-refractivity contribution in [3.05, 3.63) is 17.7 Å². The average Bonchev–Trinajstić information content (AvgIpc) is 2.13. The molecule has 0 aliphatic heterocycles. The summed E-state index contributed by atoms with van der Waals surface area (Å²) in [7, 11) is 0. The SMILES string of the molecule is Cc1nn(C(F)F)[c]c1F. The fraction of sp³-hybridized carbons (Fsp3) is 0.400. The van der Waals surface area contributed by atoms with E-state index in [0.29, 0.717) is 0 Å². The molecule has 0 unspecified atom stereocenters. The molecule has 0 aromatic carbocycles. The molecule has 0 saturated carbocycles. The number of halogens is 3. The van der Waals surface area contributed by atoms with Gasteiger partial charge in [0.15, 0.2) is 5.82 Å². The number of aryl methyl sites for hydroxylation is 1. The van der Waals surface area contributed by atoms with Crippen LogP contribution in [-0.4, -0.2) is 9.78 Å². The van der Waals surface area contributed by atoms with E-state index in [2.05, 4.69) is 5.10 Å². The van der Waals surface area contributed by atoms with Crippen molar-refractivity contribution in [3.63, 3.8) is 0 Å². The molecule has 10 heavy (non-hydrogen) atoms. The number of hydrogen-bond donors (Lipinski definition) is 0. The van der Waals surface area contributed by atoms with Crippen molar-refractivity contribution in [2.75, 3.05) is 0 Å². The standard InChI is InChI=1S/C5H4F3N2/c1-3-4(6)2-10(9-3)5(7)8/h5H,1H3. The molecule has 0 N–H and O–H groups in total. The van der Waals surface area contributed by atoms with Gasteiger partial charge in [-0.1, -0.05) is 0 Å². The van der Waals surface area contributed by atoms with Crippen LogP contribution in [-0.2, 0) is 0 Å². The number of nitrogens with zero attached hydrogens (tertiary/aromatic N) is 2. The van der Waals surface area contributed by atoms with Gasteiger partial charge in [0.1, 0.15) is 6.20 Å². The summed E-state index contributed by atoms with van der Waals surface area (Å²) in [5.74, 6) is -0.833. The van der Waals surface area contributed by atoms with Crippen molar-refractivity contribution < 1.29 is 13.2 Å². The largest absolute Gasteiger partial charge is 0.333 e. The first-order valence-corrected chi connectivity index (χ1v) is 2.53. The molecule has 2 nitrogen and oxygen atoms in total. The van der Waals surface area contributed by atoms with Crippen molar-refractivity contribution >= 4 is 0 Å². The molecular weight excluding hydrogens is 145 g/mol. The molecule has 0 fully saturated rings. The third kappa shape index (κ3) is 1.12. The summed E-state index contributed by atoms with van der Waals surface area (Å²) >= 11 is 0. The lowest BCUT2D eigenvalue weighted by molar-refractivity contribution is 0.0551. The third-order valence-corrected chi connectivity index (χ3v) is 0.973. The van der Waals surface area contributed by atoms with Crippen LogP contribution in [0.15, 0.2) is 0 Å². The fourth-order valence-corrected chi connectivity index (χ4v) is 0.504. The number of aromatic nitrogens is 2. The van der Waals surface area contributed by atoms with Gasteiger partial charge in [-0.25, -0.2) is 4.39 Å². The van der Waals surface area contributed by atoms with Gasteiger partial charge in [0.05, 0.1) is 5.69 Å². The fourth-order valence-electron chi connectivity index (χ4n) is 0.504. The zero-order valence-corrected chi connectivity index (χ0v) is 5.11. The highest BCUT2D eigenvalue weighted by Crippen LogP contribution is 2.10. The van der Waals surface area contributed by atoms with Gasteiger partial charge in [0.2, 0.25) is 0 Å². The predicted octanol–water partition coefficient (Wildman–Crippen LogP) is 1.53. The van der Waals surface area contributed by atoms with Crippen LogP contribution in [0.3, 0.4) is 0 Å². The summed E-state index contributed by atoms with van der Waals surface area (Å²) in [5.41, 5.74) is -0.0692. The summed E-state index contributed by atoms with van der Waals surface area (Å²) in [4.78, 5) is 0. The van der Waals surface area contributed by atoms with Crippen molar-refractivity contribution in [3.8, 4) is 0 Å². The molecule has 1 radical (unpaired) electrons. The lowest BCUT2D eigenvalue weighted by Gasteiger charge is -1.93. The number of alkyl halides is 2. The van der Waals surface area contributed by atoms with E-state index >= 15 is 0 Å². The Morgan fingerprint density at radius 1 is 1.60 bits per heavy atom. The second-order valence-corrected chi connectivity index (χ2v) is 1.73. The van der Waals surface area contributed by atoms with Gasteiger partial charge in [-0.15, -0.1) is 0 Å². The van der Waals surface area contributed by atoms with E-state index in [-0.39, 0.29) is 10.4 Å². The Kier molecular flexibility index (Phi) is 1.65. The summed E-state index contributed by atoms with van der Waals surface area (Å²) in [5, 5.41) is 3.15. The monoisotopic (exact) mass is 149 g/mol. The van der Waals surface area contributed by atoms with E-state index in [9.17, 15) is 13.2 Å². The number of hydrogen-bond acceptors (Lipinski definition) is 1. The summed E-state index contributed by atoms with van der Waals surface area (Å²) < 4.78 is 35.7. The van der Waals surface area contributed by atoms with E-state index in [1.807, 2.05) is 0 Å². The Balaban J connectivity index is 2.98. The topological polar surface area (TPSA) is 17.8 Å². The van der Waals surface area contributed by atoms with Crippen LogP contribution < -0.4 is 0 Å². The summed E-state index contributed by atoms with van der Waals surface area (Å²) in [6.45, 7) is -1.52. The second kappa shape index (κ2) is 2.32. The van der Waals surface area contributed by atoms with E-state index in [0.717, 1.165) is 0 Å². The van der Waals surface area contributed by atoms with Crippen molar-refractivity contribution in [1.29, 1.82) is 0 Å². The average molecular weight is 149 g/mol. The van der Waals surface area contributed by atoms with E-state index in [1.54, 1.807) is 6.20 Å². The molecule has 55 valence electrons. The van der Waals surface area contributed by atoms with Crippen LogP contribution in [0.5, 0.6) is 0 Å². The van der Waals surface area contributed by atoms with E-state index in [4.69, 9.17) is 0 Å². The van der Waals surface area contributed by atoms with Crippen molar-refractivity contribution in [1.82, 2.24) is 9.78 Å². The molecule has 0 amide bonds. The third-order valence-electron chi connectivity index (χ3n) is 0.973. The summed E-state index contributed by atoms with van der Waals surface area (Å²) in [6.07, 6.45) is 1.73. The maximum atomic E-state index is 12.2. The highest BCUT2D eigenvalue weighted by atomic mass is 19.3. The maximum Gasteiger partial charge on any atom is 0.333 e. The quantitative estimate of drug-likeness (QED) is 0.592. The molecule has 1 aromatic heterocycles. The Bertz CT molecular complexity index is 211. The number of rotatable bonds is 1. The molecule has 0 bridgehead atoms. The van der Waals surface area contributed by atoms with E-state index < -0.39 is 12.4 Å². The minimum absolute atomic E-state index is 0.0692. The van der Waals surface area contributed by atoms with Gasteiger partial charge in [-0.3, -0.25) is 0 Å². The molecule has 0 spiro atoms. The normalized spacial score (nSPS) is 10.9. The first-order valence-electron chi connectivity index (χ1n) is 2.53. The van der Waals surface area contributed by atoms with Gasteiger partial charge in [0.25, 0.3) is 0 Å². The van der Waals surface area contributed by atoms with Crippen LogP contribution in [0, 0.1) is 18.9 Å². The molecule has 1 aromatic rings. The van der Waals surface area contributed by atoms with Crippen LogP contribution in [0.2, 0.25) is 0 Å². The van der Waals surface area contributed by atoms with Crippen LogP contribution in [0.1, 0.15) is 12.2 Å². The Hall–Kier alpha value is -1.00. The second-order valence-electron chi connectivity index (χ2n) is 1.73. The molecule has 5 heteroatoms. The zero-order valence-electron chi connectivity index (χ0n) is 5.11. The first-order chi connectivity index (χ1) is 4.61. The lowest BCUT2D eigenvalue weighted by atomic mass is 10.5. The molecule has 0 aliphatic carbocycles. The molecule has 0 atom stereocenters. The van der Waals surface area contributed by atoms with Crippen molar-refractivity contribution in [2.45, 2.75) is 13.5 Å². The zero-order chi connectivity index (χ0) is 7.72. The van der Waals surface area contributed by atoms with E-state index in [1.165, 1.54) is 6.92 Å². The maximum absolute atomic E-state index is 12.2. The Labute approximate surface area is 55.3 Å². The highest BCUT2D eigenvalue weighted by molar-refractivity contribution is 4.97. The van der Waals surface area contributed by atoms with Gasteiger partial charge in [0, 0.05) is 0 Å². The lowest BCUT2D eigenvalue weighted by Crippen LogP contribution is -1.98. The Morgan fingerprint density at radius 2 is 2.20 bits per heavy atom. The molecule has 0 saturated heterocycles. The Morgan fingerprint density at radius 3 is 2.40 bits per heavy atom. The predicted molar refractivity (Wildman–Crippen MR) is 27.0 cm³/mol. The van der Waals surface area contributed by atoms with Crippen molar-refractivity contribution in [2.24, 2.45) is 0 Å². The molecule has 1 rings (SSSR count). The molecule has 1 heterocycles. The van der Waals surface area contributed by atoms with Gasteiger partial charge < -0.3 is 0 Å². The highest BCUT2D eigenvalue weighted by Gasteiger charge is 2.10. The van der Waals surface area contributed by atoms with Gasteiger partial charge >= 0.3 is 6.55 Å². The smallest absolute Gasteiger partial charge is 0.202 e. The van der Waals surface area contributed by atoms with Crippen LogP contribution >= 0.6 is 0 Å². The minimum atomic E-state index is -2.82. The van der Waals surface area contributed by atoms with Gasteiger partial charge in [-0.2, -0.15) is 18.6 Å². The minimum Gasteiger partial charge on any atom is -0.202 e. The first kappa shape index (κ1) is 7.11. The molecule has 0 aliphatic rings. The van der Waals surface area contributed by atoms with Gasteiger partial charge in [-0.05, 0) is 6.92 Å². The van der Waals surface area contributed by atoms with Crippen LogP contribution in [0.4, 0.5) is 13.2 Å². The molecular formula is C5H4F3N2. The van der Waals surface area contributed by atoms with Crippen LogP contribution in [0.25, 0.3) is 0 Å². The summed E-state index contributed by atoms with van der Waals surface area (Å²) in [6, 6.07) is 0.